The second kappa shape index (κ2) is 5.06. The highest BCUT2D eigenvalue weighted by Crippen LogP contribution is 2.10. The summed E-state index contributed by atoms with van der Waals surface area (Å²) in [6.45, 7) is 4.11. The first kappa shape index (κ1) is 11.9. The lowest BCUT2D eigenvalue weighted by molar-refractivity contribution is 0.582. The number of nitrogens with one attached hydrogen (secondary N) is 1. The maximum Gasteiger partial charge on any atom is 0.240 e. The van der Waals surface area contributed by atoms with Crippen LogP contribution in [0.25, 0.3) is 6.08 Å². The average molecular weight is 226 g/mol. The highest BCUT2D eigenvalue weighted by molar-refractivity contribution is 7.89. The number of sulfonamides is 1. The average Bonchev–Trinajstić information content (AvgIpc) is 2.26. The van der Waals surface area contributed by atoms with Crippen LogP contribution in [-0.2, 0) is 10.0 Å². The third-order valence-corrected chi connectivity index (χ3v) is 3.34. The fourth-order valence-corrected chi connectivity index (χ4v) is 2.11. The lowest BCUT2D eigenvalue weighted by Crippen LogP contribution is -2.29. The van der Waals surface area contributed by atoms with Gasteiger partial charge in [-0.25, -0.2) is 13.1 Å². The molecule has 0 heterocycles. The molecule has 0 atom stereocenters. The molecule has 0 bridgehead atoms. The first-order valence-corrected chi connectivity index (χ1v) is 6.00. The van der Waals surface area contributed by atoms with Crippen molar-refractivity contribution in [2.75, 3.05) is 13.1 Å². The van der Waals surface area contributed by atoms with E-state index in [-0.39, 0.29) is 18.0 Å². The number of nitrogens with two attached hydrogens (primary N) is 1. The lowest BCUT2D eigenvalue weighted by Gasteiger charge is -2.05. The van der Waals surface area contributed by atoms with Gasteiger partial charge in [-0.2, -0.15) is 0 Å². The summed E-state index contributed by atoms with van der Waals surface area (Å²) in [5.74, 6) is 0. The van der Waals surface area contributed by atoms with Crippen LogP contribution in [0.2, 0.25) is 0 Å². The molecular formula is C10H14N2O2S. The quantitative estimate of drug-likeness (QED) is 0.771. The molecule has 0 aliphatic rings. The molecule has 0 saturated heterocycles. The van der Waals surface area contributed by atoms with Crippen molar-refractivity contribution in [3.8, 4) is 0 Å². The van der Waals surface area contributed by atoms with Gasteiger partial charge in [-0.05, 0) is 17.7 Å². The number of hydrogen-bond acceptors (Lipinski definition) is 3. The summed E-state index contributed by atoms with van der Waals surface area (Å²) in [4.78, 5) is 0.238. The Balaban J connectivity index is 2.90. The van der Waals surface area contributed by atoms with Crippen molar-refractivity contribution in [1.82, 2.24) is 4.72 Å². The molecule has 0 unspecified atom stereocenters. The van der Waals surface area contributed by atoms with E-state index in [1.807, 2.05) is 0 Å². The van der Waals surface area contributed by atoms with Crippen molar-refractivity contribution in [3.05, 3.63) is 36.4 Å². The maximum absolute atomic E-state index is 11.6. The molecule has 0 radical (unpaired) electrons. The molecule has 0 aliphatic carbocycles. The Morgan fingerprint density at radius 3 is 2.40 bits per heavy atom. The van der Waals surface area contributed by atoms with Crippen LogP contribution in [0.5, 0.6) is 0 Å². The first-order chi connectivity index (χ1) is 7.10. The fourth-order valence-electron chi connectivity index (χ4n) is 1.06. The zero-order chi connectivity index (χ0) is 11.3. The summed E-state index contributed by atoms with van der Waals surface area (Å²) < 4.78 is 25.6. The minimum atomic E-state index is -3.41. The van der Waals surface area contributed by atoms with Crippen LogP contribution in [0, 0.1) is 0 Å². The fraction of sp³-hybridized carbons (Fsp3) is 0.200. The standard InChI is InChI=1S/C10H14N2O2S/c1-2-9-3-5-10(6-4-9)15(13,14)12-8-7-11/h2-6,12H,1,7-8,11H2. The van der Waals surface area contributed by atoms with Crippen LogP contribution < -0.4 is 10.5 Å². The van der Waals surface area contributed by atoms with Crippen molar-refractivity contribution in [2.24, 2.45) is 5.73 Å². The van der Waals surface area contributed by atoms with Crippen molar-refractivity contribution in [3.63, 3.8) is 0 Å². The Morgan fingerprint density at radius 1 is 1.33 bits per heavy atom. The van der Waals surface area contributed by atoms with Gasteiger partial charge in [0.1, 0.15) is 0 Å². The molecule has 1 aromatic carbocycles. The molecule has 3 N–H and O–H groups in total. The summed E-state index contributed by atoms with van der Waals surface area (Å²) >= 11 is 0. The van der Waals surface area contributed by atoms with Gasteiger partial charge < -0.3 is 5.73 Å². The SMILES string of the molecule is C=Cc1ccc(S(=O)(=O)NCCN)cc1. The molecule has 5 heteroatoms. The van der Waals surface area contributed by atoms with E-state index >= 15 is 0 Å². The molecule has 1 aromatic rings. The zero-order valence-corrected chi connectivity index (χ0v) is 9.13. The van der Waals surface area contributed by atoms with Crippen LogP contribution in [0.15, 0.2) is 35.7 Å². The van der Waals surface area contributed by atoms with Gasteiger partial charge in [-0.1, -0.05) is 24.8 Å². The number of rotatable bonds is 5. The third-order valence-electron chi connectivity index (χ3n) is 1.86. The van der Waals surface area contributed by atoms with E-state index < -0.39 is 10.0 Å². The zero-order valence-electron chi connectivity index (χ0n) is 8.31. The highest BCUT2D eigenvalue weighted by atomic mass is 32.2. The smallest absolute Gasteiger partial charge is 0.240 e. The van der Waals surface area contributed by atoms with Crippen LogP contribution in [0.4, 0.5) is 0 Å². The van der Waals surface area contributed by atoms with E-state index in [0.717, 1.165) is 5.56 Å². The van der Waals surface area contributed by atoms with Gasteiger partial charge >= 0.3 is 0 Å². The minimum absolute atomic E-state index is 0.238. The predicted molar refractivity (Wildman–Crippen MR) is 60.8 cm³/mol. The molecule has 0 saturated carbocycles. The molecule has 15 heavy (non-hydrogen) atoms. The molecular weight excluding hydrogens is 212 g/mol. The van der Waals surface area contributed by atoms with Gasteiger partial charge in [-0.15, -0.1) is 0 Å². The van der Waals surface area contributed by atoms with Gasteiger partial charge in [0.2, 0.25) is 10.0 Å². The molecule has 82 valence electrons. The molecule has 4 nitrogen and oxygen atoms in total. The second-order valence-electron chi connectivity index (χ2n) is 2.96. The predicted octanol–water partition coefficient (Wildman–Crippen LogP) is 0.567. The lowest BCUT2D eigenvalue weighted by atomic mass is 10.2. The molecule has 0 aliphatic heterocycles. The minimum Gasteiger partial charge on any atom is -0.329 e. The summed E-state index contributed by atoms with van der Waals surface area (Å²) in [7, 11) is -3.41. The monoisotopic (exact) mass is 226 g/mol. The third kappa shape index (κ3) is 3.16. The summed E-state index contributed by atoms with van der Waals surface area (Å²) in [6.07, 6.45) is 1.66. The number of hydrogen-bond donors (Lipinski definition) is 2. The normalized spacial score (nSPS) is 11.3. The van der Waals surface area contributed by atoms with Gasteiger partial charge in [0, 0.05) is 13.1 Å². The maximum atomic E-state index is 11.6. The topological polar surface area (TPSA) is 72.2 Å². The largest absolute Gasteiger partial charge is 0.329 e. The van der Waals surface area contributed by atoms with Crippen molar-refractivity contribution >= 4 is 16.1 Å². The molecule has 1 rings (SSSR count). The Labute approximate surface area is 89.9 Å². The van der Waals surface area contributed by atoms with Crippen LogP contribution >= 0.6 is 0 Å². The van der Waals surface area contributed by atoms with Crippen molar-refractivity contribution < 1.29 is 8.42 Å². The Hall–Kier alpha value is -1.17. The van der Waals surface area contributed by atoms with Crippen molar-refractivity contribution in [2.45, 2.75) is 4.90 Å². The van der Waals surface area contributed by atoms with E-state index in [0.29, 0.717) is 0 Å². The van der Waals surface area contributed by atoms with Crippen LogP contribution in [0.1, 0.15) is 5.56 Å². The van der Waals surface area contributed by atoms with Gasteiger partial charge in [0.15, 0.2) is 0 Å². The Morgan fingerprint density at radius 2 is 1.93 bits per heavy atom. The van der Waals surface area contributed by atoms with Crippen LogP contribution in [0.3, 0.4) is 0 Å². The van der Waals surface area contributed by atoms with E-state index in [2.05, 4.69) is 11.3 Å². The number of benzene rings is 1. The van der Waals surface area contributed by atoms with Gasteiger partial charge in [0.05, 0.1) is 4.90 Å². The van der Waals surface area contributed by atoms with Crippen molar-refractivity contribution in [1.29, 1.82) is 0 Å². The first-order valence-electron chi connectivity index (χ1n) is 4.52. The van der Waals surface area contributed by atoms with E-state index in [1.165, 1.54) is 12.1 Å². The second-order valence-corrected chi connectivity index (χ2v) is 4.73. The Bertz CT molecular complexity index is 423. The van der Waals surface area contributed by atoms with E-state index in [1.54, 1.807) is 18.2 Å². The summed E-state index contributed by atoms with van der Waals surface area (Å²) in [5.41, 5.74) is 6.10. The van der Waals surface area contributed by atoms with E-state index in [9.17, 15) is 8.42 Å². The molecule has 0 aromatic heterocycles. The van der Waals surface area contributed by atoms with E-state index in [4.69, 9.17) is 5.73 Å². The van der Waals surface area contributed by atoms with Gasteiger partial charge in [0.25, 0.3) is 0 Å². The van der Waals surface area contributed by atoms with Crippen LogP contribution in [-0.4, -0.2) is 21.5 Å². The summed E-state index contributed by atoms with van der Waals surface area (Å²) in [5, 5.41) is 0. The Kier molecular flexibility index (Phi) is 4.02. The molecule has 0 amide bonds. The van der Waals surface area contributed by atoms with Gasteiger partial charge in [-0.3, -0.25) is 0 Å². The highest BCUT2D eigenvalue weighted by Gasteiger charge is 2.11. The summed E-state index contributed by atoms with van der Waals surface area (Å²) in [6, 6.07) is 6.47. The molecule has 0 fully saturated rings. The molecule has 0 spiro atoms.